The molecule has 0 spiro atoms. The predicted octanol–water partition coefficient (Wildman–Crippen LogP) is 4.75. The second kappa shape index (κ2) is 5.52. The molecule has 2 atom stereocenters. The molecule has 1 aromatic rings. The topological polar surface area (TPSA) is 0 Å². The summed E-state index contributed by atoms with van der Waals surface area (Å²) in [7, 11) is 0. The third kappa shape index (κ3) is 3.10. The second-order valence-electron chi connectivity index (χ2n) is 5.55. The first-order chi connectivity index (χ1) is 7.75. The van der Waals surface area contributed by atoms with Crippen LogP contribution in [-0.2, 0) is 6.42 Å². The van der Waals surface area contributed by atoms with Crippen LogP contribution in [-0.4, -0.2) is 0 Å². The molecule has 16 heavy (non-hydrogen) atoms. The maximum Gasteiger partial charge on any atom is -0.0276 e. The first-order valence-corrected chi connectivity index (χ1v) is 6.81. The zero-order valence-corrected chi connectivity index (χ0v) is 10.7. The van der Waals surface area contributed by atoms with E-state index in [9.17, 15) is 0 Å². The van der Waals surface area contributed by atoms with Gasteiger partial charge in [-0.2, -0.15) is 0 Å². The molecule has 0 aliphatic heterocycles. The van der Waals surface area contributed by atoms with Crippen LogP contribution in [0.5, 0.6) is 0 Å². The summed E-state index contributed by atoms with van der Waals surface area (Å²) in [5.74, 6) is 1.94. The fourth-order valence-electron chi connectivity index (χ4n) is 3.04. The SMILES string of the molecule is Cc1cccc(CCC2CCCCC2C)c1. The summed E-state index contributed by atoms with van der Waals surface area (Å²) in [4.78, 5) is 0. The molecular formula is C16H24. The minimum Gasteiger partial charge on any atom is -0.0622 e. The molecule has 0 N–H and O–H groups in total. The van der Waals surface area contributed by atoms with Gasteiger partial charge >= 0.3 is 0 Å². The predicted molar refractivity (Wildman–Crippen MR) is 70.6 cm³/mol. The van der Waals surface area contributed by atoms with Gasteiger partial charge in [0.25, 0.3) is 0 Å². The van der Waals surface area contributed by atoms with Crippen molar-refractivity contribution in [3.05, 3.63) is 35.4 Å². The molecular weight excluding hydrogens is 192 g/mol. The fraction of sp³-hybridized carbons (Fsp3) is 0.625. The second-order valence-corrected chi connectivity index (χ2v) is 5.55. The average Bonchev–Trinajstić information content (AvgIpc) is 2.28. The Morgan fingerprint density at radius 2 is 2.00 bits per heavy atom. The molecule has 0 heterocycles. The van der Waals surface area contributed by atoms with Gasteiger partial charge < -0.3 is 0 Å². The van der Waals surface area contributed by atoms with E-state index in [1.165, 1.54) is 49.7 Å². The van der Waals surface area contributed by atoms with Crippen molar-refractivity contribution in [2.75, 3.05) is 0 Å². The summed E-state index contributed by atoms with van der Waals surface area (Å²) in [6.45, 7) is 4.63. The van der Waals surface area contributed by atoms with Gasteiger partial charge in [-0.15, -0.1) is 0 Å². The summed E-state index contributed by atoms with van der Waals surface area (Å²) in [6.07, 6.45) is 8.51. The lowest BCUT2D eigenvalue weighted by molar-refractivity contribution is 0.242. The van der Waals surface area contributed by atoms with Crippen molar-refractivity contribution in [2.45, 2.75) is 52.4 Å². The van der Waals surface area contributed by atoms with E-state index in [0.717, 1.165) is 11.8 Å². The van der Waals surface area contributed by atoms with Gasteiger partial charge in [-0.3, -0.25) is 0 Å². The standard InChI is InChI=1S/C16H24/c1-13-6-5-8-15(12-13)10-11-16-9-4-3-7-14(16)2/h5-6,8,12,14,16H,3-4,7,9-11H2,1-2H3. The van der Waals surface area contributed by atoms with Crippen molar-refractivity contribution in [3.8, 4) is 0 Å². The van der Waals surface area contributed by atoms with Gasteiger partial charge in [0.05, 0.1) is 0 Å². The van der Waals surface area contributed by atoms with E-state index < -0.39 is 0 Å². The highest BCUT2D eigenvalue weighted by Gasteiger charge is 2.20. The maximum atomic E-state index is 2.44. The molecule has 0 aromatic heterocycles. The Morgan fingerprint density at radius 3 is 2.75 bits per heavy atom. The quantitative estimate of drug-likeness (QED) is 0.683. The highest BCUT2D eigenvalue weighted by atomic mass is 14.3. The third-order valence-corrected chi connectivity index (χ3v) is 4.18. The van der Waals surface area contributed by atoms with Crippen LogP contribution in [0.2, 0.25) is 0 Å². The molecule has 0 nitrogen and oxygen atoms in total. The van der Waals surface area contributed by atoms with Crippen LogP contribution in [0.1, 0.15) is 50.2 Å². The van der Waals surface area contributed by atoms with Crippen molar-refractivity contribution in [3.63, 3.8) is 0 Å². The van der Waals surface area contributed by atoms with Gasteiger partial charge in [0.1, 0.15) is 0 Å². The Bertz CT molecular complexity index is 327. The van der Waals surface area contributed by atoms with E-state index in [4.69, 9.17) is 0 Å². The molecule has 2 unspecified atom stereocenters. The summed E-state index contributed by atoms with van der Waals surface area (Å²) in [6, 6.07) is 9.00. The molecule has 1 saturated carbocycles. The highest BCUT2D eigenvalue weighted by molar-refractivity contribution is 5.22. The monoisotopic (exact) mass is 216 g/mol. The van der Waals surface area contributed by atoms with Gasteiger partial charge in [-0.1, -0.05) is 62.4 Å². The van der Waals surface area contributed by atoms with Gasteiger partial charge in [0.2, 0.25) is 0 Å². The smallest absolute Gasteiger partial charge is 0.0276 e. The first kappa shape index (κ1) is 11.7. The lowest BCUT2D eigenvalue weighted by Crippen LogP contribution is -2.17. The molecule has 1 aromatic carbocycles. The molecule has 2 rings (SSSR count). The Balaban J connectivity index is 1.86. The molecule has 0 heteroatoms. The van der Waals surface area contributed by atoms with E-state index in [2.05, 4.69) is 38.1 Å². The lowest BCUT2D eigenvalue weighted by Gasteiger charge is -2.28. The molecule has 0 saturated heterocycles. The van der Waals surface area contributed by atoms with Gasteiger partial charge in [-0.05, 0) is 37.2 Å². The van der Waals surface area contributed by atoms with E-state index in [1.807, 2.05) is 0 Å². The molecule has 0 bridgehead atoms. The summed E-state index contributed by atoms with van der Waals surface area (Å²) >= 11 is 0. The maximum absolute atomic E-state index is 2.44. The van der Waals surface area contributed by atoms with Crippen LogP contribution in [0, 0.1) is 18.8 Å². The Labute approximate surface area is 100 Å². The van der Waals surface area contributed by atoms with E-state index >= 15 is 0 Å². The van der Waals surface area contributed by atoms with Gasteiger partial charge in [-0.25, -0.2) is 0 Å². The van der Waals surface area contributed by atoms with Crippen LogP contribution < -0.4 is 0 Å². The summed E-state index contributed by atoms with van der Waals surface area (Å²) in [5, 5.41) is 0. The molecule has 88 valence electrons. The van der Waals surface area contributed by atoms with Crippen molar-refractivity contribution < 1.29 is 0 Å². The number of benzene rings is 1. The number of hydrogen-bond donors (Lipinski definition) is 0. The molecule has 0 amide bonds. The average molecular weight is 216 g/mol. The molecule has 1 aliphatic rings. The van der Waals surface area contributed by atoms with Crippen LogP contribution in [0.3, 0.4) is 0 Å². The number of rotatable bonds is 3. The van der Waals surface area contributed by atoms with Crippen LogP contribution >= 0.6 is 0 Å². The van der Waals surface area contributed by atoms with Crippen molar-refractivity contribution in [2.24, 2.45) is 11.8 Å². The Morgan fingerprint density at radius 1 is 1.19 bits per heavy atom. The minimum atomic E-state index is 0.957. The summed E-state index contributed by atoms with van der Waals surface area (Å²) in [5.41, 5.74) is 2.92. The minimum absolute atomic E-state index is 0.957. The summed E-state index contributed by atoms with van der Waals surface area (Å²) < 4.78 is 0. The number of hydrogen-bond acceptors (Lipinski definition) is 0. The van der Waals surface area contributed by atoms with E-state index in [0.29, 0.717) is 0 Å². The van der Waals surface area contributed by atoms with Crippen LogP contribution in [0.25, 0.3) is 0 Å². The third-order valence-electron chi connectivity index (χ3n) is 4.18. The lowest BCUT2D eigenvalue weighted by atomic mass is 9.77. The Hall–Kier alpha value is -0.780. The number of aryl methyl sites for hydroxylation is 2. The van der Waals surface area contributed by atoms with Crippen molar-refractivity contribution in [1.29, 1.82) is 0 Å². The van der Waals surface area contributed by atoms with Crippen molar-refractivity contribution in [1.82, 2.24) is 0 Å². The zero-order valence-electron chi connectivity index (χ0n) is 10.7. The van der Waals surface area contributed by atoms with E-state index in [1.54, 1.807) is 0 Å². The largest absolute Gasteiger partial charge is 0.0622 e. The molecule has 1 aliphatic carbocycles. The molecule has 0 radical (unpaired) electrons. The zero-order chi connectivity index (χ0) is 11.4. The normalized spacial score (nSPS) is 25.6. The van der Waals surface area contributed by atoms with Crippen LogP contribution in [0.15, 0.2) is 24.3 Å². The highest BCUT2D eigenvalue weighted by Crippen LogP contribution is 2.32. The van der Waals surface area contributed by atoms with Crippen LogP contribution in [0.4, 0.5) is 0 Å². The van der Waals surface area contributed by atoms with E-state index in [-0.39, 0.29) is 0 Å². The molecule has 1 fully saturated rings. The van der Waals surface area contributed by atoms with Gasteiger partial charge in [0, 0.05) is 0 Å². The fourth-order valence-corrected chi connectivity index (χ4v) is 3.04. The van der Waals surface area contributed by atoms with Crippen molar-refractivity contribution >= 4 is 0 Å². The first-order valence-electron chi connectivity index (χ1n) is 6.81. The van der Waals surface area contributed by atoms with Gasteiger partial charge in [0.15, 0.2) is 0 Å². The Kier molecular flexibility index (Phi) is 4.04.